The molecule has 0 fully saturated rings. The number of carboxylic acid groups (broad SMARTS) is 1. The minimum Gasteiger partial charge on any atom is -0.481 e. The number of carboxylic acids is 1. The zero-order valence-electron chi connectivity index (χ0n) is 8.90. The monoisotopic (exact) mass is 237 g/mol. The third-order valence-electron chi connectivity index (χ3n) is 2.68. The summed E-state index contributed by atoms with van der Waals surface area (Å²) < 4.78 is 1.94. The molecule has 1 aromatic heterocycles. The fourth-order valence-electron chi connectivity index (χ4n) is 1.86. The predicted molar refractivity (Wildman–Crippen MR) is 63.9 cm³/mol. The van der Waals surface area contributed by atoms with Crippen LogP contribution in [-0.4, -0.2) is 15.6 Å². The van der Waals surface area contributed by atoms with Gasteiger partial charge >= 0.3 is 5.97 Å². The summed E-state index contributed by atoms with van der Waals surface area (Å²) in [6, 6.07) is 5.78. The zero-order chi connectivity index (χ0) is 11.7. The van der Waals surface area contributed by atoms with Crippen molar-refractivity contribution in [3.05, 3.63) is 35.0 Å². The second-order valence-electron chi connectivity index (χ2n) is 3.76. The first-order chi connectivity index (χ1) is 7.59. The highest BCUT2D eigenvalue weighted by molar-refractivity contribution is 6.32. The van der Waals surface area contributed by atoms with Gasteiger partial charge in [-0.3, -0.25) is 4.79 Å². The molecule has 0 aliphatic rings. The first-order valence-electron chi connectivity index (χ1n) is 5.05. The molecule has 0 saturated heterocycles. The van der Waals surface area contributed by atoms with Gasteiger partial charge in [-0.1, -0.05) is 17.7 Å². The lowest BCUT2D eigenvalue weighted by atomic mass is 10.1. The van der Waals surface area contributed by atoms with Crippen molar-refractivity contribution >= 4 is 28.5 Å². The summed E-state index contributed by atoms with van der Waals surface area (Å²) in [4.78, 5) is 10.5. The summed E-state index contributed by atoms with van der Waals surface area (Å²) in [7, 11) is 0. The maximum Gasteiger partial charge on any atom is 0.305 e. The second-order valence-corrected chi connectivity index (χ2v) is 4.17. The van der Waals surface area contributed by atoms with Crippen molar-refractivity contribution in [2.75, 3.05) is 0 Å². The third-order valence-corrected chi connectivity index (χ3v) is 3.09. The van der Waals surface area contributed by atoms with Gasteiger partial charge in [0, 0.05) is 17.8 Å². The van der Waals surface area contributed by atoms with E-state index in [4.69, 9.17) is 16.7 Å². The Morgan fingerprint density at radius 2 is 2.19 bits per heavy atom. The Balaban J connectivity index is 2.46. The zero-order valence-corrected chi connectivity index (χ0v) is 9.66. The number of hydrogen-bond acceptors (Lipinski definition) is 1. The van der Waals surface area contributed by atoms with Crippen molar-refractivity contribution in [3.63, 3.8) is 0 Å². The van der Waals surface area contributed by atoms with Gasteiger partial charge < -0.3 is 9.67 Å². The second kappa shape index (κ2) is 4.18. The highest BCUT2D eigenvalue weighted by Gasteiger charge is 2.07. The molecule has 0 spiro atoms. The highest BCUT2D eigenvalue weighted by atomic mass is 35.5. The maximum absolute atomic E-state index is 10.5. The molecular weight excluding hydrogens is 226 g/mol. The van der Waals surface area contributed by atoms with Crippen LogP contribution < -0.4 is 0 Å². The molecule has 16 heavy (non-hydrogen) atoms. The molecule has 84 valence electrons. The molecule has 0 saturated carbocycles. The molecule has 2 aromatic rings. The molecule has 3 nitrogen and oxygen atoms in total. The van der Waals surface area contributed by atoms with Crippen LogP contribution in [0.3, 0.4) is 0 Å². The average Bonchev–Trinajstić information content (AvgIpc) is 2.64. The normalized spacial score (nSPS) is 10.9. The molecule has 1 N–H and O–H groups in total. The summed E-state index contributed by atoms with van der Waals surface area (Å²) in [6.45, 7) is 2.42. The Hall–Kier alpha value is -1.48. The number of carbonyl (C=O) groups is 1. The van der Waals surface area contributed by atoms with Crippen LogP contribution in [0.25, 0.3) is 10.9 Å². The summed E-state index contributed by atoms with van der Waals surface area (Å²) in [5.41, 5.74) is 2.02. The van der Waals surface area contributed by atoms with Gasteiger partial charge in [0.1, 0.15) is 0 Å². The maximum atomic E-state index is 10.5. The molecule has 0 radical (unpaired) electrons. The Bertz CT molecular complexity index is 545. The van der Waals surface area contributed by atoms with E-state index in [0.29, 0.717) is 11.6 Å². The SMILES string of the molecule is Cc1c(Cl)ccc2ccn(CCC(=O)O)c12. The van der Waals surface area contributed by atoms with Crippen molar-refractivity contribution in [1.29, 1.82) is 0 Å². The lowest BCUT2D eigenvalue weighted by molar-refractivity contribution is -0.137. The molecule has 0 atom stereocenters. The van der Waals surface area contributed by atoms with Gasteiger partial charge in [-0.2, -0.15) is 0 Å². The minimum absolute atomic E-state index is 0.121. The topological polar surface area (TPSA) is 42.2 Å². The van der Waals surface area contributed by atoms with Gasteiger partial charge in [-0.05, 0) is 30.0 Å². The predicted octanol–water partition coefficient (Wildman–Crippen LogP) is 3.08. The molecule has 0 bridgehead atoms. The van der Waals surface area contributed by atoms with E-state index in [1.54, 1.807) is 0 Å². The summed E-state index contributed by atoms with van der Waals surface area (Å²) in [6.07, 6.45) is 2.02. The lowest BCUT2D eigenvalue weighted by Gasteiger charge is -2.07. The van der Waals surface area contributed by atoms with Gasteiger partial charge in [0.25, 0.3) is 0 Å². The Labute approximate surface area is 98.3 Å². The largest absolute Gasteiger partial charge is 0.481 e. The van der Waals surface area contributed by atoms with E-state index in [1.165, 1.54) is 0 Å². The van der Waals surface area contributed by atoms with Gasteiger partial charge in [-0.15, -0.1) is 0 Å². The van der Waals surface area contributed by atoms with Gasteiger partial charge in [0.15, 0.2) is 0 Å². The first-order valence-corrected chi connectivity index (χ1v) is 5.43. The van der Waals surface area contributed by atoms with E-state index in [-0.39, 0.29) is 6.42 Å². The standard InChI is InChI=1S/C12H12ClNO2/c1-8-10(13)3-2-9-4-6-14(12(8)9)7-5-11(15)16/h2-4,6H,5,7H2,1H3,(H,15,16). The van der Waals surface area contributed by atoms with Crippen LogP contribution in [0.2, 0.25) is 5.02 Å². The fraction of sp³-hybridized carbons (Fsp3) is 0.250. The van der Waals surface area contributed by atoms with Crippen molar-refractivity contribution in [1.82, 2.24) is 4.57 Å². The first kappa shape index (κ1) is 11.0. The van der Waals surface area contributed by atoms with Gasteiger partial charge in [0.05, 0.1) is 11.9 Å². The van der Waals surface area contributed by atoms with Crippen LogP contribution in [0.15, 0.2) is 24.4 Å². The molecule has 1 aromatic carbocycles. The number of benzene rings is 1. The van der Waals surface area contributed by atoms with E-state index < -0.39 is 5.97 Å². The van der Waals surface area contributed by atoms with Gasteiger partial charge in [0.2, 0.25) is 0 Å². The summed E-state index contributed by atoms with van der Waals surface area (Å²) in [5.74, 6) is -0.790. The lowest BCUT2D eigenvalue weighted by Crippen LogP contribution is -2.03. The van der Waals surface area contributed by atoms with E-state index in [9.17, 15) is 4.79 Å². The number of aliphatic carboxylic acids is 1. The van der Waals surface area contributed by atoms with Crippen LogP contribution in [-0.2, 0) is 11.3 Å². The van der Waals surface area contributed by atoms with E-state index in [2.05, 4.69) is 0 Å². The molecule has 0 aliphatic carbocycles. The van der Waals surface area contributed by atoms with Crippen molar-refractivity contribution in [2.24, 2.45) is 0 Å². The van der Waals surface area contributed by atoms with E-state index in [1.807, 2.05) is 35.9 Å². The molecule has 1 heterocycles. The van der Waals surface area contributed by atoms with Crippen molar-refractivity contribution in [2.45, 2.75) is 19.9 Å². The third kappa shape index (κ3) is 1.91. The van der Waals surface area contributed by atoms with E-state index >= 15 is 0 Å². The van der Waals surface area contributed by atoms with Crippen LogP contribution >= 0.6 is 11.6 Å². The van der Waals surface area contributed by atoms with Crippen molar-refractivity contribution in [3.8, 4) is 0 Å². The number of aryl methyl sites for hydroxylation is 2. The van der Waals surface area contributed by atoms with Crippen LogP contribution in [0.1, 0.15) is 12.0 Å². The Morgan fingerprint density at radius 3 is 2.88 bits per heavy atom. The number of aromatic nitrogens is 1. The molecule has 4 heteroatoms. The Morgan fingerprint density at radius 1 is 1.44 bits per heavy atom. The quantitative estimate of drug-likeness (QED) is 0.892. The average molecular weight is 238 g/mol. The fourth-order valence-corrected chi connectivity index (χ4v) is 2.01. The summed E-state index contributed by atoms with van der Waals surface area (Å²) in [5, 5.41) is 10.5. The number of hydrogen-bond donors (Lipinski definition) is 1. The number of nitrogens with zero attached hydrogens (tertiary/aromatic N) is 1. The van der Waals surface area contributed by atoms with Crippen molar-refractivity contribution < 1.29 is 9.90 Å². The van der Waals surface area contributed by atoms with E-state index in [0.717, 1.165) is 16.5 Å². The molecule has 0 aliphatic heterocycles. The smallest absolute Gasteiger partial charge is 0.305 e. The summed E-state index contributed by atoms with van der Waals surface area (Å²) >= 11 is 6.05. The highest BCUT2D eigenvalue weighted by Crippen LogP contribution is 2.26. The molecule has 2 rings (SSSR count). The number of halogens is 1. The van der Waals surface area contributed by atoms with Gasteiger partial charge in [-0.25, -0.2) is 0 Å². The molecule has 0 unspecified atom stereocenters. The van der Waals surface area contributed by atoms with Crippen LogP contribution in [0.5, 0.6) is 0 Å². The van der Waals surface area contributed by atoms with Crippen LogP contribution in [0, 0.1) is 6.92 Å². The molecular formula is C12H12ClNO2. The number of fused-ring (bicyclic) bond motifs is 1. The number of rotatable bonds is 3. The molecule has 0 amide bonds. The Kier molecular flexibility index (Phi) is 2.88. The minimum atomic E-state index is -0.790. The van der Waals surface area contributed by atoms with Crippen LogP contribution in [0.4, 0.5) is 0 Å².